The molecule has 8 nitrogen and oxygen atoms in total. The highest BCUT2D eigenvalue weighted by molar-refractivity contribution is 7.89. The number of carbonyl (C=O) groups excluding carboxylic acids is 2. The number of benzene rings is 1. The van der Waals surface area contributed by atoms with Crippen LogP contribution >= 0.6 is 0 Å². The van der Waals surface area contributed by atoms with Crippen LogP contribution in [0.3, 0.4) is 0 Å². The molecule has 120 valence electrons. The van der Waals surface area contributed by atoms with Gasteiger partial charge in [-0.2, -0.15) is 0 Å². The maximum Gasteiger partial charge on any atom is 0.255 e. The Kier molecular flexibility index (Phi) is 4.67. The van der Waals surface area contributed by atoms with Crippen molar-refractivity contribution in [3.8, 4) is 5.75 Å². The van der Waals surface area contributed by atoms with Crippen LogP contribution in [0.1, 0.15) is 23.2 Å². The van der Waals surface area contributed by atoms with E-state index in [1.807, 2.05) is 0 Å². The van der Waals surface area contributed by atoms with Gasteiger partial charge in [0, 0.05) is 6.04 Å². The summed E-state index contributed by atoms with van der Waals surface area (Å²) in [6.45, 7) is -0.196. The average molecular weight is 327 g/mol. The highest BCUT2D eigenvalue weighted by Gasteiger charge is 2.23. The normalized spacial score (nSPS) is 14.3. The van der Waals surface area contributed by atoms with Crippen LogP contribution < -0.4 is 20.5 Å². The van der Waals surface area contributed by atoms with E-state index in [-0.39, 0.29) is 34.7 Å². The van der Waals surface area contributed by atoms with E-state index in [2.05, 4.69) is 10.6 Å². The van der Waals surface area contributed by atoms with Gasteiger partial charge in [-0.1, -0.05) is 0 Å². The first-order valence-electron chi connectivity index (χ1n) is 6.59. The van der Waals surface area contributed by atoms with Gasteiger partial charge in [0.15, 0.2) is 0 Å². The molecular formula is C13H17N3O5S. The summed E-state index contributed by atoms with van der Waals surface area (Å²) in [5.41, 5.74) is -0.00625. The number of amides is 2. The fourth-order valence-corrected chi connectivity index (χ4v) is 2.34. The molecule has 0 saturated heterocycles. The lowest BCUT2D eigenvalue weighted by atomic mass is 10.2. The summed E-state index contributed by atoms with van der Waals surface area (Å²) < 4.78 is 27.7. The molecule has 0 spiro atoms. The fraction of sp³-hybridized carbons (Fsp3) is 0.385. The Morgan fingerprint density at radius 3 is 2.59 bits per heavy atom. The van der Waals surface area contributed by atoms with E-state index < -0.39 is 15.9 Å². The van der Waals surface area contributed by atoms with Crippen molar-refractivity contribution in [3.63, 3.8) is 0 Å². The van der Waals surface area contributed by atoms with Crippen molar-refractivity contribution in [3.05, 3.63) is 23.8 Å². The van der Waals surface area contributed by atoms with Crippen LogP contribution in [0, 0.1) is 0 Å². The molecule has 1 aliphatic rings. The molecule has 22 heavy (non-hydrogen) atoms. The van der Waals surface area contributed by atoms with E-state index >= 15 is 0 Å². The Bertz CT molecular complexity index is 698. The van der Waals surface area contributed by atoms with Crippen LogP contribution in [0.2, 0.25) is 0 Å². The van der Waals surface area contributed by atoms with Crippen LogP contribution in [0.4, 0.5) is 0 Å². The Hall–Kier alpha value is -2.13. The van der Waals surface area contributed by atoms with Gasteiger partial charge in [-0.05, 0) is 31.0 Å². The Balaban J connectivity index is 2.11. The zero-order valence-corrected chi connectivity index (χ0v) is 12.8. The number of rotatable bonds is 6. The summed E-state index contributed by atoms with van der Waals surface area (Å²) in [7, 11) is -2.59. The van der Waals surface area contributed by atoms with E-state index in [1.165, 1.54) is 19.2 Å². The van der Waals surface area contributed by atoms with Gasteiger partial charge in [0.25, 0.3) is 5.91 Å². The van der Waals surface area contributed by atoms with Gasteiger partial charge >= 0.3 is 0 Å². The summed E-state index contributed by atoms with van der Waals surface area (Å²) in [5.74, 6) is -0.724. The summed E-state index contributed by atoms with van der Waals surface area (Å²) in [6, 6.07) is 3.89. The van der Waals surface area contributed by atoms with Crippen molar-refractivity contribution < 1.29 is 22.7 Å². The number of ether oxygens (including phenoxy) is 1. The first kappa shape index (κ1) is 16.2. The predicted octanol–water partition coefficient (Wildman–Crippen LogP) is -0.649. The van der Waals surface area contributed by atoms with E-state index in [9.17, 15) is 18.0 Å². The summed E-state index contributed by atoms with van der Waals surface area (Å²) in [5, 5.41) is 10.2. The van der Waals surface area contributed by atoms with Crippen LogP contribution in [0.15, 0.2) is 23.1 Å². The molecular weight excluding hydrogens is 310 g/mol. The zero-order chi connectivity index (χ0) is 16.3. The number of nitrogens with one attached hydrogen (secondary N) is 2. The third kappa shape index (κ3) is 4.18. The highest BCUT2D eigenvalue weighted by Crippen LogP contribution is 2.22. The van der Waals surface area contributed by atoms with Gasteiger partial charge in [0.05, 0.1) is 24.1 Å². The summed E-state index contributed by atoms with van der Waals surface area (Å²) in [6.07, 6.45) is 1.90. The molecule has 1 aromatic carbocycles. The van der Waals surface area contributed by atoms with Gasteiger partial charge in [-0.15, -0.1) is 0 Å². The molecule has 1 aliphatic carbocycles. The summed E-state index contributed by atoms with van der Waals surface area (Å²) in [4.78, 5) is 23.4. The van der Waals surface area contributed by atoms with Gasteiger partial charge < -0.3 is 15.4 Å². The Morgan fingerprint density at radius 2 is 2.05 bits per heavy atom. The molecule has 0 aromatic heterocycles. The van der Waals surface area contributed by atoms with Gasteiger partial charge in [-0.3, -0.25) is 9.59 Å². The minimum absolute atomic E-state index is 0.00625. The number of nitrogens with two attached hydrogens (primary N) is 1. The first-order valence-corrected chi connectivity index (χ1v) is 8.14. The van der Waals surface area contributed by atoms with Crippen LogP contribution in [0.25, 0.3) is 0 Å². The highest BCUT2D eigenvalue weighted by atomic mass is 32.2. The van der Waals surface area contributed by atoms with Crippen molar-refractivity contribution in [2.75, 3.05) is 13.7 Å². The van der Waals surface area contributed by atoms with Crippen molar-refractivity contribution in [1.82, 2.24) is 10.6 Å². The van der Waals surface area contributed by atoms with Crippen LogP contribution in [0.5, 0.6) is 5.75 Å². The maximum absolute atomic E-state index is 12.1. The molecule has 4 N–H and O–H groups in total. The minimum Gasteiger partial charge on any atom is -0.496 e. The molecule has 0 atom stereocenters. The average Bonchev–Trinajstić information content (AvgIpc) is 3.27. The van der Waals surface area contributed by atoms with Crippen LogP contribution in [-0.2, 0) is 14.8 Å². The third-order valence-electron chi connectivity index (χ3n) is 3.10. The largest absolute Gasteiger partial charge is 0.496 e. The number of sulfonamides is 1. The smallest absolute Gasteiger partial charge is 0.255 e. The first-order chi connectivity index (χ1) is 10.3. The lowest BCUT2D eigenvalue weighted by molar-refractivity contribution is -0.120. The summed E-state index contributed by atoms with van der Waals surface area (Å²) >= 11 is 0. The second kappa shape index (κ2) is 6.32. The molecule has 1 aromatic rings. The second-order valence-electron chi connectivity index (χ2n) is 4.93. The molecule has 1 fully saturated rings. The molecule has 0 radical (unpaired) electrons. The van der Waals surface area contributed by atoms with Crippen molar-refractivity contribution in [2.45, 2.75) is 23.8 Å². The molecule has 0 heterocycles. The number of carbonyl (C=O) groups is 2. The molecule has 2 amide bonds. The number of hydrogen-bond donors (Lipinski definition) is 3. The SMILES string of the molecule is COc1ccc(S(N)(=O)=O)cc1C(=O)NCC(=O)NC1CC1. The predicted molar refractivity (Wildman–Crippen MR) is 77.9 cm³/mol. The maximum atomic E-state index is 12.1. The van der Waals surface area contributed by atoms with Crippen molar-refractivity contribution in [2.24, 2.45) is 5.14 Å². The molecule has 9 heteroatoms. The number of hydrogen-bond acceptors (Lipinski definition) is 5. The topological polar surface area (TPSA) is 128 Å². The lowest BCUT2D eigenvalue weighted by Crippen LogP contribution is -2.38. The van der Waals surface area contributed by atoms with Crippen LogP contribution in [-0.4, -0.2) is 39.9 Å². The number of methoxy groups -OCH3 is 1. The monoisotopic (exact) mass is 327 g/mol. The fourth-order valence-electron chi connectivity index (χ4n) is 1.80. The molecule has 0 bridgehead atoms. The lowest BCUT2D eigenvalue weighted by Gasteiger charge is -2.10. The molecule has 0 aliphatic heterocycles. The quantitative estimate of drug-likeness (QED) is 0.640. The van der Waals surface area contributed by atoms with Crippen molar-refractivity contribution >= 4 is 21.8 Å². The number of primary sulfonamides is 1. The van der Waals surface area contributed by atoms with Gasteiger partial charge in [0.1, 0.15) is 5.75 Å². The second-order valence-corrected chi connectivity index (χ2v) is 6.49. The van der Waals surface area contributed by atoms with Gasteiger partial charge in [0.2, 0.25) is 15.9 Å². The molecule has 2 rings (SSSR count). The molecule has 0 unspecified atom stereocenters. The van der Waals surface area contributed by atoms with Crippen molar-refractivity contribution in [1.29, 1.82) is 0 Å². The van der Waals surface area contributed by atoms with E-state index in [0.717, 1.165) is 18.9 Å². The van der Waals surface area contributed by atoms with E-state index in [0.29, 0.717) is 0 Å². The zero-order valence-electron chi connectivity index (χ0n) is 12.0. The van der Waals surface area contributed by atoms with E-state index in [1.54, 1.807) is 0 Å². The standard InChI is InChI=1S/C13H17N3O5S/c1-21-11-5-4-9(22(14,19)20)6-10(11)13(18)15-7-12(17)16-8-2-3-8/h4-6,8H,2-3,7H2,1H3,(H,15,18)(H,16,17)(H2,14,19,20). The Morgan fingerprint density at radius 1 is 1.36 bits per heavy atom. The van der Waals surface area contributed by atoms with E-state index in [4.69, 9.17) is 9.88 Å². The van der Waals surface area contributed by atoms with Gasteiger partial charge in [-0.25, -0.2) is 13.6 Å². The minimum atomic E-state index is -3.94. The molecule has 1 saturated carbocycles. The Labute approximate surface area is 128 Å². The third-order valence-corrected chi connectivity index (χ3v) is 4.01.